The van der Waals surface area contributed by atoms with Crippen molar-refractivity contribution in [2.24, 2.45) is 0 Å². The standard InChI is InChI=1S/C14H17N3O3/c1-18-11-3-5-12(6-4-11)20-8-7-15-13-9-14(19-2)17-10-16-13/h3-6,9-10H,7-8H2,1-2H3,(H,15,16,17). The number of nitrogens with zero attached hydrogens (tertiary/aromatic N) is 2. The van der Waals surface area contributed by atoms with E-state index < -0.39 is 0 Å². The van der Waals surface area contributed by atoms with Gasteiger partial charge in [0.15, 0.2) is 0 Å². The molecule has 20 heavy (non-hydrogen) atoms. The maximum Gasteiger partial charge on any atom is 0.218 e. The van der Waals surface area contributed by atoms with Gasteiger partial charge < -0.3 is 19.5 Å². The normalized spacial score (nSPS) is 9.90. The molecule has 106 valence electrons. The van der Waals surface area contributed by atoms with Gasteiger partial charge in [-0.05, 0) is 24.3 Å². The first-order valence-electron chi connectivity index (χ1n) is 6.18. The third-order valence-electron chi connectivity index (χ3n) is 2.59. The highest BCUT2D eigenvalue weighted by molar-refractivity contribution is 5.37. The molecule has 0 aliphatic heterocycles. The monoisotopic (exact) mass is 275 g/mol. The SMILES string of the molecule is COc1ccc(OCCNc2cc(OC)ncn2)cc1. The van der Waals surface area contributed by atoms with Crippen molar-refractivity contribution in [1.29, 1.82) is 0 Å². The summed E-state index contributed by atoms with van der Waals surface area (Å²) >= 11 is 0. The fourth-order valence-corrected chi connectivity index (χ4v) is 1.57. The fraction of sp³-hybridized carbons (Fsp3) is 0.286. The first kappa shape index (κ1) is 13.9. The van der Waals surface area contributed by atoms with Crippen molar-refractivity contribution >= 4 is 5.82 Å². The Labute approximate surface area is 117 Å². The molecule has 0 saturated heterocycles. The van der Waals surface area contributed by atoms with Crippen LogP contribution in [-0.4, -0.2) is 37.3 Å². The second-order valence-electron chi connectivity index (χ2n) is 3.90. The number of aromatic nitrogens is 2. The van der Waals surface area contributed by atoms with E-state index in [0.29, 0.717) is 24.8 Å². The van der Waals surface area contributed by atoms with Crippen LogP contribution in [0.25, 0.3) is 0 Å². The fourth-order valence-electron chi connectivity index (χ4n) is 1.57. The van der Waals surface area contributed by atoms with E-state index in [4.69, 9.17) is 14.2 Å². The van der Waals surface area contributed by atoms with Gasteiger partial charge in [0.25, 0.3) is 0 Å². The molecule has 1 N–H and O–H groups in total. The van der Waals surface area contributed by atoms with Gasteiger partial charge in [-0.2, -0.15) is 0 Å². The molecule has 1 aromatic carbocycles. The molecule has 6 nitrogen and oxygen atoms in total. The lowest BCUT2D eigenvalue weighted by Gasteiger charge is -2.09. The number of anilines is 1. The lowest BCUT2D eigenvalue weighted by Crippen LogP contribution is -2.12. The minimum atomic E-state index is 0.526. The Hall–Kier alpha value is -2.50. The Balaban J connectivity index is 1.75. The molecule has 1 aromatic heterocycles. The largest absolute Gasteiger partial charge is 0.497 e. The van der Waals surface area contributed by atoms with Crippen LogP contribution < -0.4 is 19.5 Å². The van der Waals surface area contributed by atoms with Crippen molar-refractivity contribution in [3.63, 3.8) is 0 Å². The minimum absolute atomic E-state index is 0.526. The Morgan fingerprint density at radius 2 is 1.75 bits per heavy atom. The van der Waals surface area contributed by atoms with Crippen LogP contribution in [0.2, 0.25) is 0 Å². The van der Waals surface area contributed by atoms with E-state index in [9.17, 15) is 0 Å². The summed E-state index contributed by atoms with van der Waals surface area (Å²) in [7, 11) is 3.20. The molecular formula is C14H17N3O3. The van der Waals surface area contributed by atoms with Gasteiger partial charge in [-0.3, -0.25) is 0 Å². The summed E-state index contributed by atoms with van der Waals surface area (Å²) in [5, 5.41) is 3.13. The molecule has 0 aliphatic carbocycles. The highest BCUT2D eigenvalue weighted by Crippen LogP contribution is 2.16. The third-order valence-corrected chi connectivity index (χ3v) is 2.59. The number of ether oxygens (including phenoxy) is 3. The number of hydrogen-bond acceptors (Lipinski definition) is 6. The average Bonchev–Trinajstić information content (AvgIpc) is 2.52. The number of methoxy groups -OCH3 is 2. The maximum atomic E-state index is 5.59. The van der Waals surface area contributed by atoms with Crippen LogP contribution in [0, 0.1) is 0 Å². The molecule has 2 rings (SSSR count). The number of benzene rings is 1. The van der Waals surface area contributed by atoms with Crippen LogP contribution in [0.1, 0.15) is 0 Å². The second kappa shape index (κ2) is 7.18. The highest BCUT2D eigenvalue weighted by Gasteiger charge is 1.98. The van der Waals surface area contributed by atoms with E-state index in [1.807, 2.05) is 24.3 Å². The van der Waals surface area contributed by atoms with Gasteiger partial charge in [-0.1, -0.05) is 0 Å². The summed E-state index contributed by atoms with van der Waals surface area (Å²) in [6, 6.07) is 9.18. The predicted octanol–water partition coefficient (Wildman–Crippen LogP) is 1.98. The lowest BCUT2D eigenvalue weighted by molar-refractivity contribution is 0.331. The zero-order valence-corrected chi connectivity index (χ0v) is 11.5. The second-order valence-corrected chi connectivity index (χ2v) is 3.90. The molecular weight excluding hydrogens is 258 g/mol. The Morgan fingerprint density at radius 3 is 2.45 bits per heavy atom. The molecule has 0 fully saturated rings. The van der Waals surface area contributed by atoms with E-state index in [1.165, 1.54) is 6.33 Å². The summed E-state index contributed by atoms with van der Waals surface area (Å²) < 4.78 is 15.7. The third kappa shape index (κ3) is 4.01. The molecule has 0 bridgehead atoms. The van der Waals surface area contributed by atoms with Gasteiger partial charge in [0.1, 0.15) is 30.3 Å². The molecule has 0 aliphatic rings. The Bertz CT molecular complexity index is 531. The molecule has 0 radical (unpaired) electrons. The number of nitrogens with one attached hydrogen (secondary N) is 1. The zero-order valence-electron chi connectivity index (χ0n) is 11.5. The van der Waals surface area contributed by atoms with Crippen molar-refractivity contribution in [2.45, 2.75) is 0 Å². The molecule has 0 spiro atoms. The van der Waals surface area contributed by atoms with Crippen molar-refractivity contribution in [2.75, 3.05) is 32.7 Å². The van der Waals surface area contributed by atoms with Crippen LogP contribution >= 0.6 is 0 Å². The van der Waals surface area contributed by atoms with Gasteiger partial charge >= 0.3 is 0 Å². The number of hydrogen-bond donors (Lipinski definition) is 1. The van der Waals surface area contributed by atoms with E-state index >= 15 is 0 Å². The van der Waals surface area contributed by atoms with Crippen LogP contribution in [0.3, 0.4) is 0 Å². The molecule has 0 saturated carbocycles. The van der Waals surface area contributed by atoms with E-state index in [0.717, 1.165) is 11.5 Å². The summed E-state index contributed by atoms with van der Waals surface area (Å²) in [6.45, 7) is 1.16. The van der Waals surface area contributed by atoms with Gasteiger partial charge in [-0.25, -0.2) is 9.97 Å². The minimum Gasteiger partial charge on any atom is -0.497 e. The molecule has 1 heterocycles. The first-order valence-corrected chi connectivity index (χ1v) is 6.18. The highest BCUT2D eigenvalue weighted by atomic mass is 16.5. The van der Waals surface area contributed by atoms with Crippen molar-refractivity contribution < 1.29 is 14.2 Å². The number of rotatable bonds is 7. The van der Waals surface area contributed by atoms with Crippen LogP contribution in [0.4, 0.5) is 5.82 Å². The van der Waals surface area contributed by atoms with E-state index in [2.05, 4.69) is 15.3 Å². The average molecular weight is 275 g/mol. The van der Waals surface area contributed by atoms with Crippen LogP contribution in [-0.2, 0) is 0 Å². The molecule has 0 atom stereocenters. The molecule has 0 amide bonds. The smallest absolute Gasteiger partial charge is 0.218 e. The quantitative estimate of drug-likeness (QED) is 0.779. The lowest BCUT2D eigenvalue weighted by atomic mass is 10.3. The van der Waals surface area contributed by atoms with E-state index in [-0.39, 0.29) is 0 Å². The first-order chi connectivity index (χ1) is 9.81. The van der Waals surface area contributed by atoms with Crippen molar-refractivity contribution in [1.82, 2.24) is 9.97 Å². The Kier molecular flexibility index (Phi) is 5.00. The Morgan fingerprint density at radius 1 is 1.00 bits per heavy atom. The molecule has 0 unspecified atom stereocenters. The van der Waals surface area contributed by atoms with Crippen molar-refractivity contribution in [3.8, 4) is 17.4 Å². The van der Waals surface area contributed by atoms with Crippen LogP contribution in [0.5, 0.6) is 17.4 Å². The summed E-state index contributed by atoms with van der Waals surface area (Å²) in [4.78, 5) is 8.01. The van der Waals surface area contributed by atoms with Gasteiger partial charge in [-0.15, -0.1) is 0 Å². The molecule has 2 aromatic rings. The van der Waals surface area contributed by atoms with Gasteiger partial charge in [0.2, 0.25) is 5.88 Å². The summed E-state index contributed by atoms with van der Waals surface area (Å²) in [5.74, 6) is 2.84. The topological polar surface area (TPSA) is 65.5 Å². The summed E-state index contributed by atoms with van der Waals surface area (Å²) in [5.41, 5.74) is 0. The zero-order chi connectivity index (χ0) is 14.2. The van der Waals surface area contributed by atoms with Crippen molar-refractivity contribution in [3.05, 3.63) is 36.7 Å². The molecule has 6 heteroatoms. The van der Waals surface area contributed by atoms with E-state index in [1.54, 1.807) is 20.3 Å². The maximum absolute atomic E-state index is 5.59. The van der Waals surface area contributed by atoms with Gasteiger partial charge in [0, 0.05) is 6.07 Å². The predicted molar refractivity (Wildman–Crippen MR) is 75.6 cm³/mol. The summed E-state index contributed by atoms with van der Waals surface area (Å²) in [6.07, 6.45) is 1.45. The van der Waals surface area contributed by atoms with Crippen LogP contribution in [0.15, 0.2) is 36.7 Å². The van der Waals surface area contributed by atoms with Gasteiger partial charge in [0.05, 0.1) is 20.8 Å².